The first-order valence-corrected chi connectivity index (χ1v) is 8.99. The predicted octanol–water partition coefficient (Wildman–Crippen LogP) is 4.36. The van der Waals surface area contributed by atoms with Crippen molar-refractivity contribution in [1.82, 2.24) is 0 Å². The van der Waals surface area contributed by atoms with E-state index in [9.17, 15) is 18.4 Å². The third-order valence-electron chi connectivity index (χ3n) is 4.07. The largest absolute Gasteiger partial charge is 0.484 e. The topological polar surface area (TPSA) is 77.8 Å². The summed E-state index contributed by atoms with van der Waals surface area (Å²) in [6, 6.07) is 12.3. The summed E-state index contributed by atoms with van der Waals surface area (Å²) in [5, 5.41) is 3.27. The van der Waals surface area contributed by atoms with Crippen LogP contribution in [0.15, 0.2) is 57.7 Å². The maximum absolute atomic E-state index is 12.4. The zero-order chi connectivity index (χ0) is 20.8. The average Bonchev–Trinajstić information content (AvgIpc) is 2.67. The van der Waals surface area contributed by atoms with Gasteiger partial charge in [-0.3, -0.25) is 4.79 Å². The summed E-state index contributed by atoms with van der Waals surface area (Å²) >= 11 is 0. The molecule has 0 radical (unpaired) electrons. The lowest BCUT2D eigenvalue weighted by Gasteiger charge is -2.12. The Morgan fingerprint density at radius 1 is 1.17 bits per heavy atom. The Hall–Kier alpha value is -3.42. The summed E-state index contributed by atoms with van der Waals surface area (Å²) in [4.78, 5) is 23.9. The quantitative estimate of drug-likeness (QED) is 0.566. The average molecular weight is 403 g/mol. The number of anilines is 1. The normalized spacial score (nSPS) is 10.9. The number of hydrogen-bond acceptors (Lipinski definition) is 5. The molecule has 0 fully saturated rings. The molecule has 0 aliphatic heterocycles. The molecule has 1 aromatic heterocycles. The number of hydrogen-bond donors (Lipinski definition) is 1. The van der Waals surface area contributed by atoms with Crippen LogP contribution in [0.5, 0.6) is 11.5 Å². The molecule has 0 bridgehead atoms. The van der Waals surface area contributed by atoms with Crippen LogP contribution in [0, 0.1) is 0 Å². The molecule has 29 heavy (non-hydrogen) atoms. The van der Waals surface area contributed by atoms with E-state index >= 15 is 0 Å². The summed E-state index contributed by atoms with van der Waals surface area (Å²) in [7, 11) is 0. The van der Waals surface area contributed by atoms with Gasteiger partial charge in [0.05, 0.1) is 5.69 Å². The number of rotatable bonds is 8. The minimum atomic E-state index is -3.01. The lowest BCUT2D eigenvalue weighted by molar-refractivity contribution is -0.118. The first-order valence-electron chi connectivity index (χ1n) is 8.99. The van der Waals surface area contributed by atoms with Gasteiger partial charge in [-0.1, -0.05) is 25.5 Å². The van der Waals surface area contributed by atoms with Crippen molar-refractivity contribution < 1.29 is 27.5 Å². The van der Waals surface area contributed by atoms with Gasteiger partial charge in [0.1, 0.15) is 17.1 Å². The van der Waals surface area contributed by atoms with Crippen LogP contribution in [0.1, 0.15) is 18.9 Å². The van der Waals surface area contributed by atoms with Crippen molar-refractivity contribution in [1.29, 1.82) is 0 Å². The lowest BCUT2D eigenvalue weighted by atomic mass is 10.1. The summed E-state index contributed by atoms with van der Waals surface area (Å²) in [5.41, 5.74) is 0.912. The highest BCUT2D eigenvalue weighted by Crippen LogP contribution is 2.26. The summed E-state index contributed by atoms with van der Waals surface area (Å²) in [5.74, 6) is -0.370. The van der Waals surface area contributed by atoms with Crippen molar-refractivity contribution in [2.24, 2.45) is 0 Å². The van der Waals surface area contributed by atoms with Crippen LogP contribution in [0.25, 0.3) is 11.0 Å². The minimum Gasteiger partial charge on any atom is -0.484 e. The maximum Gasteiger partial charge on any atom is 0.387 e. The van der Waals surface area contributed by atoms with Crippen molar-refractivity contribution in [2.75, 3.05) is 11.9 Å². The van der Waals surface area contributed by atoms with Gasteiger partial charge in [0.25, 0.3) is 5.91 Å². The number of ether oxygens (including phenoxy) is 2. The minimum absolute atomic E-state index is 0.107. The zero-order valence-corrected chi connectivity index (χ0v) is 15.6. The molecule has 6 nitrogen and oxygen atoms in total. The molecule has 0 unspecified atom stereocenters. The number of alkyl halides is 2. The van der Waals surface area contributed by atoms with Gasteiger partial charge >= 0.3 is 12.2 Å². The summed E-state index contributed by atoms with van der Waals surface area (Å²) < 4.78 is 39.9. The van der Waals surface area contributed by atoms with Gasteiger partial charge in [-0.05, 0) is 36.2 Å². The van der Waals surface area contributed by atoms with Gasteiger partial charge in [-0.2, -0.15) is 8.78 Å². The van der Waals surface area contributed by atoms with Crippen LogP contribution in [-0.4, -0.2) is 19.1 Å². The Labute approximate surface area is 165 Å². The number of para-hydroxylation sites is 2. The fourth-order valence-electron chi connectivity index (χ4n) is 2.88. The van der Waals surface area contributed by atoms with E-state index in [0.717, 1.165) is 23.8 Å². The van der Waals surface area contributed by atoms with Gasteiger partial charge in [0, 0.05) is 17.5 Å². The fourth-order valence-corrected chi connectivity index (χ4v) is 2.88. The van der Waals surface area contributed by atoms with Crippen molar-refractivity contribution in [3.8, 4) is 11.5 Å². The molecule has 152 valence electrons. The molecule has 0 aliphatic carbocycles. The molecule has 0 aliphatic rings. The van der Waals surface area contributed by atoms with E-state index in [4.69, 9.17) is 9.15 Å². The van der Waals surface area contributed by atoms with Gasteiger partial charge in [-0.25, -0.2) is 4.79 Å². The van der Waals surface area contributed by atoms with Crippen LogP contribution in [0.3, 0.4) is 0 Å². The number of carbonyl (C=O) groups is 1. The number of nitrogens with one attached hydrogen (secondary N) is 1. The second kappa shape index (κ2) is 9.18. The van der Waals surface area contributed by atoms with Gasteiger partial charge in [0.2, 0.25) is 0 Å². The molecule has 0 saturated heterocycles. The second-order valence-corrected chi connectivity index (χ2v) is 6.21. The van der Waals surface area contributed by atoms with Crippen molar-refractivity contribution in [3.05, 3.63) is 64.5 Å². The molecule has 3 rings (SSSR count). The van der Waals surface area contributed by atoms with Crippen LogP contribution in [0.2, 0.25) is 0 Å². The van der Waals surface area contributed by atoms with E-state index in [-0.39, 0.29) is 18.0 Å². The Balaban J connectivity index is 1.69. The lowest BCUT2D eigenvalue weighted by Crippen LogP contribution is -2.21. The fraction of sp³-hybridized carbons (Fsp3) is 0.238. The van der Waals surface area contributed by atoms with Crippen LogP contribution < -0.4 is 20.4 Å². The number of halogens is 2. The molecule has 1 N–H and O–H groups in total. The van der Waals surface area contributed by atoms with E-state index in [1.54, 1.807) is 18.2 Å². The smallest absolute Gasteiger partial charge is 0.387 e. The molecule has 0 spiro atoms. The van der Waals surface area contributed by atoms with Crippen molar-refractivity contribution in [2.45, 2.75) is 26.4 Å². The number of amides is 1. The van der Waals surface area contributed by atoms with Crippen LogP contribution >= 0.6 is 0 Å². The molecule has 3 aromatic rings. The summed E-state index contributed by atoms with van der Waals surface area (Å²) in [6.45, 7) is -1.36. The highest BCUT2D eigenvalue weighted by Gasteiger charge is 2.12. The standard InChI is InChI=1S/C21H19F2NO5/c1-2-5-13-10-20(26)28-18-11-14(8-9-15(13)18)27-12-19(25)24-16-6-3-4-7-17(16)29-21(22)23/h3-4,6-11,21H,2,5,12H2,1H3,(H,24,25). The molecular formula is C21H19F2NO5. The monoisotopic (exact) mass is 403 g/mol. The van der Waals surface area contributed by atoms with Gasteiger partial charge < -0.3 is 19.2 Å². The van der Waals surface area contributed by atoms with Crippen LogP contribution in [0.4, 0.5) is 14.5 Å². The SMILES string of the molecule is CCCc1cc(=O)oc2cc(OCC(=O)Nc3ccccc3OC(F)F)ccc12. The molecule has 2 aromatic carbocycles. The second-order valence-electron chi connectivity index (χ2n) is 6.21. The molecule has 1 amide bonds. The third-order valence-corrected chi connectivity index (χ3v) is 4.07. The molecule has 1 heterocycles. The van der Waals surface area contributed by atoms with E-state index in [1.165, 1.54) is 30.3 Å². The number of benzene rings is 2. The highest BCUT2D eigenvalue weighted by atomic mass is 19.3. The Kier molecular flexibility index (Phi) is 6.43. The Morgan fingerprint density at radius 3 is 2.72 bits per heavy atom. The van der Waals surface area contributed by atoms with Gasteiger partial charge in [0.15, 0.2) is 6.61 Å². The molecule has 0 atom stereocenters. The molecule has 8 heteroatoms. The number of aryl methyl sites for hydroxylation is 1. The van der Waals surface area contributed by atoms with Crippen molar-refractivity contribution >= 4 is 22.6 Å². The number of fused-ring (bicyclic) bond motifs is 1. The highest BCUT2D eigenvalue weighted by molar-refractivity contribution is 5.93. The first-order chi connectivity index (χ1) is 14.0. The van der Waals surface area contributed by atoms with E-state index in [2.05, 4.69) is 10.1 Å². The molecule has 0 saturated carbocycles. The van der Waals surface area contributed by atoms with Crippen LogP contribution in [-0.2, 0) is 11.2 Å². The van der Waals surface area contributed by atoms with E-state index < -0.39 is 18.1 Å². The molecular weight excluding hydrogens is 384 g/mol. The predicted molar refractivity (Wildman–Crippen MR) is 104 cm³/mol. The Morgan fingerprint density at radius 2 is 1.97 bits per heavy atom. The number of carbonyl (C=O) groups excluding carboxylic acids is 1. The summed E-state index contributed by atoms with van der Waals surface area (Å²) in [6.07, 6.45) is 1.62. The van der Waals surface area contributed by atoms with E-state index in [0.29, 0.717) is 11.3 Å². The maximum atomic E-state index is 12.4. The van der Waals surface area contributed by atoms with Gasteiger partial charge in [-0.15, -0.1) is 0 Å². The third kappa shape index (κ3) is 5.31. The Bertz CT molecular complexity index is 1060. The van der Waals surface area contributed by atoms with Crippen molar-refractivity contribution in [3.63, 3.8) is 0 Å². The zero-order valence-electron chi connectivity index (χ0n) is 15.6. The van der Waals surface area contributed by atoms with E-state index in [1.807, 2.05) is 6.92 Å². The first kappa shape index (κ1) is 20.3.